The van der Waals surface area contributed by atoms with Crippen LogP contribution in [0.3, 0.4) is 0 Å². The fourth-order valence-electron chi connectivity index (χ4n) is 0.764. The summed E-state index contributed by atoms with van der Waals surface area (Å²) in [6.45, 7) is -1.56. The zero-order chi connectivity index (χ0) is 10.6. The zero-order valence-electron chi connectivity index (χ0n) is 7.04. The van der Waals surface area contributed by atoms with Crippen molar-refractivity contribution >= 4 is 5.82 Å². The Morgan fingerprint density at radius 2 is 2.14 bits per heavy atom. The molecule has 0 radical (unpaired) electrons. The van der Waals surface area contributed by atoms with Gasteiger partial charge < -0.3 is 10.4 Å². The van der Waals surface area contributed by atoms with Crippen LogP contribution in [-0.2, 0) is 6.61 Å². The fourth-order valence-corrected chi connectivity index (χ4v) is 0.764. The number of hydrogen-bond acceptors (Lipinski definition) is 4. The van der Waals surface area contributed by atoms with Gasteiger partial charge in [-0.05, 0) is 6.07 Å². The van der Waals surface area contributed by atoms with Crippen LogP contribution in [0.4, 0.5) is 19.0 Å². The summed E-state index contributed by atoms with van der Waals surface area (Å²) in [4.78, 5) is 7.24. The van der Waals surface area contributed by atoms with Crippen molar-refractivity contribution in [2.75, 3.05) is 11.9 Å². The van der Waals surface area contributed by atoms with E-state index >= 15 is 0 Å². The molecule has 1 aromatic rings. The number of alkyl halides is 3. The van der Waals surface area contributed by atoms with Crippen molar-refractivity contribution in [3.63, 3.8) is 0 Å². The highest BCUT2D eigenvalue weighted by molar-refractivity contribution is 5.32. The maximum absolute atomic E-state index is 11.8. The van der Waals surface area contributed by atoms with Crippen molar-refractivity contribution in [3.8, 4) is 0 Å². The average Bonchev–Trinajstić information content (AvgIpc) is 2.14. The lowest BCUT2D eigenvalue weighted by Gasteiger charge is -2.08. The van der Waals surface area contributed by atoms with Crippen LogP contribution in [0.2, 0.25) is 0 Å². The van der Waals surface area contributed by atoms with Gasteiger partial charge in [0.05, 0.1) is 0 Å². The van der Waals surface area contributed by atoms with Crippen molar-refractivity contribution in [3.05, 3.63) is 18.1 Å². The van der Waals surface area contributed by atoms with Gasteiger partial charge in [-0.1, -0.05) is 0 Å². The molecule has 0 aliphatic heterocycles. The van der Waals surface area contributed by atoms with Gasteiger partial charge in [-0.25, -0.2) is 9.97 Å². The van der Waals surface area contributed by atoms with Gasteiger partial charge in [0, 0.05) is 6.20 Å². The molecule has 0 saturated heterocycles. The van der Waals surface area contributed by atoms with Crippen molar-refractivity contribution in [2.24, 2.45) is 0 Å². The molecular weight excluding hydrogens is 199 g/mol. The number of rotatable bonds is 3. The van der Waals surface area contributed by atoms with Gasteiger partial charge in [0.15, 0.2) is 5.82 Å². The van der Waals surface area contributed by atoms with Gasteiger partial charge in [0.25, 0.3) is 0 Å². The first-order chi connectivity index (χ1) is 6.51. The van der Waals surface area contributed by atoms with Crippen LogP contribution in [0, 0.1) is 0 Å². The third-order valence-electron chi connectivity index (χ3n) is 1.32. The molecule has 0 aliphatic carbocycles. The Labute approximate surface area is 77.8 Å². The second-order valence-corrected chi connectivity index (χ2v) is 2.48. The fraction of sp³-hybridized carbons (Fsp3) is 0.429. The number of hydrogen-bond donors (Lipinski definition) is 2. The molecule has 0 spiro atoms. The highest BCUT2D eigenvalue weighted by Gasteiger charge is 2.26. The maximum Gasteiger partial charge on any atom is 0.405 e. The highest BCUT2D eigenvalue weighted by Crippen LogP contribution is 2.15. The molecule has 0 amide bonds. The van der Waals surface area contributed by atoms with E-state index in [0.717, 1.165) is 0 Å². The van der Waals surface area contributed by atoms with Crippen molar-refractivity contribution in [1.29, 1.82) is 0 Å². The quantitative estimate of drug-likeness (QED) is 0.774. The Morgan fingerprint density at radius 1 is 1.43 bits per heavy atom. The zero-order valence-corrected chi connectivity index (χ0v) is 7.04. The third-order valence-corrected chi connectivity index (χ3v) is 1.32. The van der Waals surface area contributed by atoms with Gasteiger partial charge in [-0.3, -0.25) is 0 Å². The lowest BCUT2D eigenvalue weighted by Crippen LogP contribution is -2.22. The number of aromatic nitrogens is 2. The summed E-state index contributed by atoms with van der Waals surface area (Å²) in [5.41, 5.74) is 0. The van der Waals surface area contributed by atoms with Crippen LogP contribution in [0.25, 0.3) is 0 Å². The monoisotopic (exact) mass is 207 g/mol. The van der Waals surface area contributed by atoms with Crippen LogP contribution in [-0.4, -0.2) is 27.8 Å². The summed E-state index contributed by atoms with van der Waals surface area (Å²) in [6.07, 6.45) is -3.01. The van der Waals surface area contributed by atoms with Crippen molar-refractivity contribution in [2.45, 2.75) is 12.8 Å². The maximum atomic E-state index is 11.8. The van der Waals surface area contributed by atoms with Gasteiger partial charge in [-0.2, -0.15) is 13.2 Å². The Bertz CT molecular complexity index is 302. The topological polar surface area (TPSA) is 58.0 Å². The van der Waals surface area contributed by atoms with Crippen LogP contribution in [0.1, 0.15) is 5.82 Å². The minimum atomic E-state index is -4.29. The number of halogens is 3. The second-order valence-electron chi connectivity index (χ2n) is 2.48. The van der Waals surface area contributed by atoms with E-state index in [9.17, 15) is 13.2 Å². The molecular formula is C7H8F3N3O. The first kappa shape index (κ1) is 10.7. The molecule has 1 heterocycles. The molecule has 0 atom stereocenters. The number of nitrogens with zero attached hydrogens (tertiary/aromatic N) is 2. The lowest BCUT2D eigenvalue weighted by atomic mass is 10.5. The molecule has 0 bridgehead atoms. The molecule has 2 N–H and O–H groups in total. The predicted octanol–water partition coefficient (Wildman–Crippen LogP) is 0.943. The van der Waals surface area contributed by atoms with Gasteiger partial charge in [0.1, 0.15) is 19.0 Å². The van der Waals surface area contributed by atoms with E-state index in [2.05, 4.69) is 15.3 Å². The van der Waals surface area contributed by atoms with E-state index in [0.29, 0.717) is 0 Å². The molecule has 0 saturated carbocycles. The summed E-state index contributed by atoms with van der Waals surface area (Å²) in [6, 6.07) is 1.30. The van der Waals surface area contributed by atoms with Crippen molar-refractivity contribution < 1.29 is 18.3 Å². The van der Waals surface area contributed by atoms with E-state index in [1.54, 1.807) is 0 Å². The molecule has 14 heavy (non-hydrogen) atoms. The molecule has 1 rings (SSSR count). The minimum Gasteiger partial charge on any atom is -0.388 e. The number of aliphatic hydroxyl groups is 1. The van der Waals surface area contributed by atoms with Gasteiger partial charge in [0.2, 0.25) is 0 Å². The molecule has 0 fully saturated rings. The van der Waals surface area contributed by atoms with E-state index in [4.69, 9.17) is 5.11 Å². The highest BCUT2D eigenvalue weighted by atomic mass is 19.4. The van der Waals surface area contributed by atoms with E-state index in [-0.39, 0.29) is 11.6 Å². The third kappa shape index (κ3) is 3.56. The summed E-state index contributed by atoms with van der Waals surface area (Å²) >= 11 is 0. The van der Waals surface area contributed by atoms with Crippen LogP contribution < -0.4 is 5.32 Å². The molecule has 0 aliphatic rings. The van der Waals surface area contributed by atoms with E-state index in [1.807, 2.05) is 0 Å². The summed E-state index contributed by atoms with van der Waals surface area (Å²) < 4.78 is 35.3. The molecule has 7 heteroatoms. The standard InChI is InChI=1S/C7H8F3N3O/c8-7(9,10)4-12-5-1-2-11-6(3-14)13-5/h1-2,14H,3-4H2,(H,11,12,13). The lowest BCUT2D eigenvalue weighted by molar-refractivity contribution is -0.115. The summed E-state index contributed by atoms with van der Waals surface area (Å²) in [7, 11) is 0. The largest absolute Gasteiger partial charge is 0.405 e. The van der Waals surface area contributed by atoms with Crippen LogP contribution >= 0.6 is 0 Å². The predicted molar refractivity (Wildman–Crippen MR) is 42.5 cm³/mol. The van der Waals surface area contributed by atoms with Crippen LogP contribution in [0.5, 0.6) is 0 Å². The van der Waals surface area contributed by atoms with Crippen molar-refractivity contribution in [1.82, 2.24) is 9.97 Å². The smallest absolute Gasteiger partial charge is 0.388 e. The van der Waals surface area contributed by atoms with E-state index in [1.165, 1.54) is 12.3 Å². The second kappa shape index (κ2) is 4.23. The molecule has 1 aromatic heterocycles. The SMILES string of the molecule is OCc1nccc(NCC(F)(F)F)n1. The molecule has 0 unspecified atom stereocenters. The summed E-state index contributed by atoms with van der Waals surface area (Å²) in [5, 5.41) is 10.7. The molecule has 0 aromatic carbocycles. The Kier molecular flexibility index (Phi) is 3.23. The molecule has 78 valence electrons. The average molecular weight is 207 g/mol. The Hall–Kier alpha value is -1.37. The normalized spacial score (nSPS) is 11.4. The first-order valence-electron chi connectivity index (χ1n) is 3.74. The Balaban J connectivity index is 2.59. The number of nitrogens with one attached hydrogen (secondary N) is 1. The first-order valence-corrected chi connectivity index (χ1v) is 3.74. The minimum absolute atomic E-state index is 0.0429. The van der Waals surface area contributed by atoms with E-state index < -0.39 is 19.3 Å². The van der Waals surface area contributed by atoms with Crippen LogP contribution in [0.15, 0.2) is 12.3 Å². The Morgan fingerprint density at radius 3 is 2.71 bits per heavy atom. The van der Waals surface area contributed by atoms with Gasteiger partial charge in [-0.15, -0.1) is 0 Å². The number of anilines is 1. The molecule has 4 nitrogen and oxygen atoms in total. The van der Waals surface area contributed by atoms with Gasteiger partial charge >= 0.3 is 6.18 Å². The number of aliphatic hydroxyl groups excluding tert-OH is 1. The summed E-state index contributed by atoms with van der Waals surface area (Å²) in [5.74, 6) is 0.124.